The highest BCUT2D eigenvalue weighted by Crippen LogP contribution is 2.23. The number of esters is 1. The van der Waals surface area contributed by atoms with E-state index in [1.54, 1.807) is 0 Å². The molecule has 0 aromatic heterocycles. The number of ether oxygens (including phenoxy) is 1. The number of benzene rings is 1. The van der Waals surface area contributed by atoms with E-state index in [4.69, 9.17) is 9.84 Å². The van der Waals surface area contributed by atoms with Gasteiger partial charge in [0, 0.05) is 12.1 Å². The van der Waals surface area contributed by atoms with Crippen molar-refractivity contribution in [3.63, 3.8) is 0 Å². The smallest absolute Gasteiger partial charge is 0.342 e. The van der Waals surface area contributed by atoms with E-state index in [1.165, 1.54) is 6.07 Å². The number of hydrogen-bond donors (Lipinski definition) is 3. The van der Waals surface area contributed by atoms with Crippen LogP contribution in [-0.2, 0) is 19.4 Å². The van der Waals surface area contributed by atoms with Crippen LogP contribution >= 0.6 is 0 Å². The first-order chi connectivity index (χ1) is 10.3. The van der Waals surface area contributed by atoms with Crippen molar-refractivity contribution in [3.05, 3.63) is 23.8 Å². The fourth-order valence-corrected chi connectivity index (χ4v) is 3.75. The van der Waals surface area contributed by atoms with E-state index in [-0.39, 0.29) is 22.8 Å². The summed E-state index contributed by atoms with van der Waals surface area (Å²) in [4.78, 5) is 23.3. The Balaban J connectivity index is 1.84. The zero-order chi connectivity index (χ0) is 16.3. The molecule has 0 unspecified atom stereocenters. The molecule has 1 aliphatic rings. The number of phenolic OH excluding ortho intramolecular Hbond substituents is 2. The van der Waals surface area contributed by atoms with Gasteiger partial charge in [-0.1, -0.05) is 0 Å². The number of phenols is 2. The summed E-state index contributed by atoms with van der Waals surface area (Å²) in [7, 11) is -3.10. The normalized spacial score (nSPS) is 19.5. The van der Waals surface area contributed by atoms with Gasteiger partial charge in [-0.15, -0.1) is 0 Å². The molecule has 1 atom stereocenters. The molecule has 0 spiro atoms. The van der Waals surface area contributed by atoms with E-state index in [2.05, 4.69) is 5.32 Å². The third-order valence-electron chi connectivity index (χ3n) is 3.13. The molecule has 1 aromatic carbocycles. The van der Waals surface area contributed by atoms with Crippen molar-refractivity contribution < 1.29 is 33.0 Å². The lowest BCUT2D eigenvalue weighted by Crippen LogP contribution is -2.38. The predicted octanol–water partition coefficient (Wildman–Crippen LogP) is -0.442. The Morgan fingerprint density at radius 1 is 1.32 bits per heavy atom. The molecule has 0 bridgehead atoms. The standard InChI is InChI=1S/C13H15NO7S/c15-9-1-2-10(11(16)5-9)13(18)21-6-12(17)14-8-3-4-22(19,20)7-8/h1-2,5,8,15-16H,3-4,6-7H2,(H,14,17)/t8-/m0/s1. The number of rotatable bonds is 4. The largest absolute Gasteiger partial charge is 0.508 e. The average Bonchev–Trinajstić information content (AvgIpc) is 2.75. The van der Waals surface area contributed by atoms with Crippen LogP contribution in [0.3, 0.4) is 0 Å². The lowest BCUT2D eigenvalue weighted by molar-refractivity contribution is -0.124. The predicted molar refractivity (Wildman–Crippen MR) is 75.3 cm³/mol. The van der Waals surface area contributed by atoms with Gasteiger partial charge in [0.2, 0.25) is 0 Å². The highest BCUT2D eigenvalue weighted by Gasteiger charge is 2.29. The second-order valence-corrected chi connectivity index (χ2v) is 7.17. The Hall–Kier alpha value is -2.29. The minimum Gasteiger partial charge on any atom is -0.508 e. The van der Waals surface area contributed by atoms with Gasteiger partial charge in [0.1, 0.15) is 17.1 Å². The van der Waals surface area contributed by atoms with E-state index in [9.17, 15) is 23.1 Å². The van der Waals surface area contributed by atoms with Crippen LogP contribution in [0.5, 0.6) is 11.5 Å². The van der Waals surface area contributed by atoms with Gasteiger partial charge in [-0.2, -0.15) is 0 Å². The van der Waals surface area contributed by atoms with Crippen LogP contribution in [-0.4, -0.2) is 54.7 Å². The number of carbonyl (C=O) groups is 2. The maximum absolute atomic E-state index is 11.7. The molecule has 1 heterocycles. The van der Waals surface area contributed by atoms with Crippen LogP contribution in [0.25, 0.3) is 0 Å². The number of amides is 1. The van der Waals surface area contributed by atoms with Crippen LogP contribution in [0.2, 0.25) is 0 Å². The summed E-state index contributed by atoms with van der Waals surface area (Å²) >= 11 is 0. The van der Waals surface area contributed by atoms with Gasteiger partial charge in [0.05, 0.1) is 11.5 Å². The average molecular weight is 329 g/mol. The van der Waals surface area contributed by atoms with E-state index in [0.717, 1.165) is 12.1 Å². The minimum atomic E-state index is -3.10. The monoisotopic (exact) mass is 329 g/mol. The maximum Gasteiger partial charge on any atom is 0.342 e. The molecule has 0 saturated carbocycles. The molecule has 2 rings (SSSR count). The summed E-state index contributed by atoms with van der Waals surface area (Å²) in [5.74, 6) is -2.31. The molecule has 1 aromatic rings. The first kappa shape index (κ1) is 16.1. The molecule has 9 heteroatoms. The highest BCUT2D eigenvalue weighted by atomic mass is 32.2. The van der Waals surface area contributed by atoms with Crippen LogP contribution in [0.4, 0.5) is 0 Å². The van der Waals surface area contributed by atoms with E-state index in [0.29, 0.717) is 6.42 Å². The molecule has 8 nitrogen and oxygen atoms in total. The molecular formula is C13H15NO7S. The van der Waals surface area contributed by atoms with Crippen molar-refractivity contribution in [1.82, 2.24) is 5.32 Å². The van der Waals surface area contributed by atoms with Crippen molar-refractivity contribution in [2.75, 3.05) is 18.1 Å². The van der Waals surface area contributed by atoms with Gasteiger partial charge in [-0.25, -0.2) is 13.2 Å². The van der Waals surface area contributed by atoms with Gasteiger partial charge in [-0.3, -0.25) is 4.79 Å². The first-order valence-corrected chi connectivity index (χ1v) is 8.28. The zero-order valence-electron chi connectivity index (χ0n) is 11.5. The highest BCUT2D eigenvalue weighted by molar-refractivity contribution is 7.91. The maximum atomic E-state index is 11.7. The SMILES string of the molecule is O=C(COC(=O)c1ccc(O)cc1O)N[C@H]1CCS(=O)(=O)C1. The summed E-state index contributed by atoms with van der Waals surface area (Å²) in [5, 5.41) is 21.1. The van der Waals surface area contributed by atoms with Crippen molar-refractivity contribution in [1.29, 1.82) is 0 Å². The van der Waals surface area contributed by atoms with Gasteiger partial charge in [0.15, 0.2) is 16.4 Å². The van der Waals surface area contributed by atoms with Crippen LogP contribution in [0.15, 0.2) is 18.2 Å². The Bertz CT molecular complexity index is 698. The Morgan fingerprint density at radius 2 is 2.05 bits per heavy atom. The number of hydrogen-bond acceptors (Lipinski definition) is 7. The molecular weight excluding hydrogens is 314 g/mol. The molecule has 22 heavy (non-hydrogen) atoms. The number of carbonyl (C=O) groups excluding carboxylic acids is 2. The molecule has 0 radical (unpaired) electrons. The summed E-state index contributed by atoms with van der Waals surface area (Å²) < 4.78 is 27.2. The Morgan fingerprint density at radius 3 is 2.64 bits per heavy atom. The molecule has 1 amide bonds. The van der Waals surface area contributed by atoms with Gasteiger partial charge >= 0.3 is 5.97 Å². The van der Waals surface area contributed by atoms with Gasteiger partial charge in [0.25, 0.3) is 5.91 Å². The second kappa shape index (κ2) is 6.22. The first-order valence-electron chi connectivity index (χ1n) is 6.46. The lowest BCUT2D eigenvalue weighted by Gasteiger charge is -2.11. The van der Waals surface area contributed by atoms with Crippen LogP contribution in [0, 0.1) is 0 Å². The Labute approximate surface area is 126 Å². The van der Waals surface area contributed by atoms with Crippen LogP contribution in [0.1, 0.15) is 16.8 Å². The van der Waals surface area contributed by atoms with E-state index >= 15 is 0 Å². The summed E-state index contributed by atoms with van der Waals surface area (Å²) in [6.07, 6.45) is 0.334. The van der Waals surface area contributed by atoms with Crippen molar-refractivity contribution >= 4 is 21.7 Å². The lowest BCUT2D eigenvalue weighted by atomic mass is 10.2. The Kier molecular flexibility index (Phi) is 4.55. The summed E-state index contributed by atoms with van der Waals surface area (Å²) in [5.41, 5.74) is -0.186. The van der Waals surface area contributed by atoms with Gasteiger partial charge < -0.3 is 20.3 Å². The quantitative estimate of drug-likeness (QED) is 0.638. The molecule has 1 aliphatic heterocycles. The van der Waals surface area contributed by atoms with Crippen molar-refractivity contribution in [3.8, 4) is 11.5 Å². The van der Waals surface area contributed by atoms with E-state index < -0.39 is 40.1 Å². The van der Waals surface area contributed by atoms with Crippen LogP contribution < -0.4 is 5.32 Å². The molecule has 0 aliphatic carbocycles. The third kappa shape index (κ3) is 4.10. The van der Waals surface area contributed by atoms with Gasteiger partial charge in [-0.05, 0) is 18.6 Å². The topological polar surface area (TPSA) is 130 Å². The van der Waals surface area contributed by atoms with Crippen molar-refractivity contribution in [2.24, 2.45) is 0 Å². The fraction of sp³-hybridized carbons (Fsp3) is 0.385. The molecule has 1 fully saturated rings. The number of sulfone groups is 1. The second-order valence-electron chi connectivity index (χ2n) is 4.95. The third-order valence-corrected chi connectivity index (χ3v) is 4.90. The molecule has 3 N–H and O–H groups in total. The summed E-state index contributed by atoms with van der Waals surface area (Å²) in [6.45, 7) is -0.588. The zero-order valence-corrected chi connectivity index (χ0v) is 12.3. The minimum absolute atomic E-state index is 0.0269. The van der Waals surface area contributed by atoms with Crippen molar-refractivity contribution in [2.45, 2.75) is 12.5 Å². The fourth-order valence-electron chi connectivity index (χ4n) is 2.08. The number of nitrogens with one attached hydrogen (secondary N) is 1. The number of aromatic hydroxyl groups is 2. The summed E-state index contributed by atoms with van der Waals surface area (Å²) in [6, 6.07) is 2.85. The van der Waals surface area contributed by atoms with E-state index in [1.807, 2.05) is 0 Å². The molecule has 120 valence electrons. The molecule has 1 saturated heterocycles.